The zero-order valence-electron chi connectivity index (χ0n) is 5.72. The van der Waals surface area contributed by atoms with Gasteiger partial charge in [-0.25, -0.2) is 0 Å². The van der Waals surface area contributed by atoms with Gasteiger partial charge in [-0.1, -0.05) is 24.3 Å². The zero-order valence-corrected chi connectivity index (χ0v) is 5.72. The first-order valence-corrected chi connectivity index (χ1v) is 3.63. The summed E-state index contributed by atoms with van der Waals surface area (Å²) in [6.45, 7) is 0. The molecular weight excluding hydrogens is 108 g/mol. The second kappa shape index (κ2) is 4.37. The molecule has 0 aliphatic heterocycles. The third-order valence-electron chi connectivity index (χ3n) is 1.45. The van der Waals surface area contributed by atoms with E-state index in [0.29, 0.717) is 0 Å². The van der Waals surface area contributed by atoms with Crippen molar-refractivity contribution in [3.8, 4) is 0 Å². The van der Waals surface area contributed by atoms with Gasteiger partial charge < -0.3 is 0 Å². The van der Waals surface area contributed by atoms with Crippen molar-refractivity contribution in [2.24, 2.45) is 0 Å². The monoisotopic (exact) mass is 121 g/mol. The van der Waals surface area contributed by atoms with Gasteiger partial charge in [0.2, 0.25) is 0 Å². The molecule has 49 valence electrons. The molecule has 1 aliphatic rings. The van der Waals surface area contributed by atoms with Crippen LogP contribution in [0.15, 0.2) is 24.3 Å². The molecule has 0 bridgehead atoms. The van der Waals surface area contributed by atoms with Gasteiger partial charge in [0.25, 0.3) is 0 Å². The molecule has 9 heavy (non-hydrogen) atoms. The summed E-state index contributed by atoms with van der Waals surface area (Å²) in [7, 11) is 0. The van der Waals surface area contributed by atoms with E-state index in [4.69, 9.17) is 0 Å². The minimum Gasteiger partial charge on any atom is -0.0882 e. The number of hydrogen-bond donors (Lipinski definition) is 0. The van der Waals surface area contributed by atoms with Crippen LogP contribution in [0.1, 0.15) is 25.7 Å². The van der Waals surface area contributed by atoms with Crippen molar-refractivity contribution >= 4 is 0 Å². The van der Waals surface area contributed by atoms with Gasteiger partial charge in [-0.15, -0.1) is 0 Å². The fourth-order valence-electron chi connectivity index (χ4n) is 0.917. The lowest BCUT2D eigenvalue weighted by Crippen LogP contribution is -1.70. The molecule has 0 spiro atoms. The average Bonchev–Trinajstić information content (AvgIpc) is 2.00. The Morgan fingerprint density at radius 3 is 2.89 bits per heavy atom. The quantitative estimate of drug-likeness (QED) is 0.432. The van der Waals surface area contributed by atoms with Gasteiger partial charge in [-0.05, 0) is 32.1 Å². The Morgan fingerprint density at radius 2 is 1.89 bits per heavy atom. The Hall–Kier alpha value is -0.520. The van der Waals surface area contributed by atoms with E-state index in [1.54, 1.807) is 0 Å². The molecule has 0 aromatic carbocycles. The largest absolute Gasteiger partial charge is 0.0882 e. The predicted molar refractivity (Wildman–Crippen MR) is 41.0 cm³/mol. The highest BCUT2D eigenvalue weighted by molar-refractivity contribution is 5.01. The van der Waals surface area contributed by atoms with Gasteiger partial charge >= 0.3 is 0 Å². The smallest absolute Gasteiger partial charge is 0.0169 e. The van der Waals surface area contributed by atoms with Gasteiger partial charge in [0.1, 0.15) is 0 Å². The summed E-state index contributed by atoms with van der Waals surface area (Å²) in [6, 6.07) is 0. The van der Waals surface area contributed by atoms with Crippen molar-refractivity contribution in [2.75, 3.05) is 0 Å². The number of hydrogen-bond acceptors (Lipinski definition) is 0. The van der Waals surface area contributed by atoms with Gasteiger partial charge in [0.15, 0.2) is 0 Å². The standard InChI is InChI=1S/C9H13/c1-2-4-6-8-9-7-5-3-1/h1-3,6,8H,4-5,7,9H2/b2-1+,8-6-. The van der Waals surface area contributed by atoms with Crippen molar-refractivity contribution in [1.29, 1.82) is 0 Å². The predicted octanol–water partition coefficient (Wildman–Crippen LogP) is 2.88. The fourth-order valence-corrected chi connectivity index (χ4v) is 0.917. The van der Waals surface area contributed by atoms with Crippen molar-refractivity contribution < 1.29 is 0 Å². The van der Waals surface area contributed by atoms with Crippen LogP contribution in [0.5, 0.6) is 0 Å². The molecular formula is C9H13. The Bertz CT molecular complexity index is 95.2. The SMILES string of the molecule is [CH]1/C=C/C/C=C\CCC1. The molecule has 1 aliphatic carbocycles. The third kappa shape index (κ3) is 3.12. The molecule has 0 aromatic rings. The van der Waals surface area contributed by atoms with Crippen LogP contribution in [0.25, 0.3) is 0 Å². The van der Waals surface area contributed by atoms with Crippen LogP contribution in [0.3, 0.4) is 0 Å². The van der Waals surface area contributed by atoms with Crippen LogP contribution in [-0.4, -0.2) is 0 Å². The maximum absolute atomic E-state index is 2.27. The molecule has 0 fully saturated rings. The molecule has 1 rings (SSSR count). The maximum Gasteiger partial charge on any atom is -0.0169 e. The van der Waals surface area contributed by atoms with Crippen LogP contribution in [0.4, 0.5) is 0 Å². The summed E-state index contributed by atoms with van der Waals surface area (Å²) >= 11 is 0. The van der Waals surface area contributed by atoms with E-state index in [9.17, 15) is 0 Å². The fraction of sp³-hybridized carbons (Fsp3) is 0.444. The summed E-state index contributed by atoms with van der Waals surface area (Å²) in [6.07, 6.45) is 16.0. The highest BCUT2D eigenvalue weighted by Gasteiger charge is 1.85. The summed E-state index contributed by atoms with van der Waals surface area (Å²) in [5, 5.41) is 0. The van der Waals surface area contributed by atoms with Crippen molar-refractivity contribution in [2.45, 2.75) is 25.7 Å². The molecule has 0 saturated carbocycles. The lowest BCUT2D eigenvalue weighted by Gasteiger charge is -1.88. The van der Waals surface area contributed by atoms with Crippen molar-refractivity contribution in [3.05, 3.63) is 30.7 Å². The summed E-state index contributed by atoms with van der Waals surface area (Å²) < 4.78 is 0. The molecule has 0 nitrogen and oxygen atoms in total. The first-order chi connectivity index (χ1) is 4.50. The highest BCUT2D eigenvalue weighted by Crippen LogP contribution is 2.04. The molecule has 0 amide bonds. The van der Waals surface area contributed by atoms with E-state index in [0.717, 1.165) is 6.42 Å². The minimum absolute atomic E-state index is 1.11. The van der Waals surface area contributed by atoms with E-state index < -0.39 is 0 Å². The number of allylic oxidation sites excluding steroid dienone is 4. The maximum atomic E-state index is 2.27. The van der Waals surface area contributed by atoms with E-state index in [-0.39, 0.29) is 0 Å². The van der Waals surface area contributed by atoms with Crippen molar-refractivity contribution in [3.63, 3.8) is 0 Å². The molecule has 0 saturated heterocycles. The van der Waals surface area contributed by atoms with E-state index in [1.165, 1.54) is 19.3 Å². The normalized spacial score (nSPS) is 27.6. The summed E-state index contributed by atoms with van der Waals surface area (Å²) in [5.41, 5.74) is 0. The average molecular weight is 121 g/mol. The van der Waals surface area contributed by atoms with Crippen molar-refractivity contribution in [1.82, 2.24) is 0 Å². The van der Waals surface area contributed by atoms with Crippen LogP contribution in [0.2, 0.25) is 0 Å². The molecule has 0 heterocycles. The van der Waals surface area contributed by atoms with E-state index in [2.05, 4.69) is 30.7 Å². The highest BCUT2D eigenvalue weighted by atomic mass is 13.9. The second-order valence-electron chi connectivity index (χ2n) is 2.30. The van der Waals surface area contributed by atoms with Gasteiger partial charge in [0, 0.05) is 0 Å². The van der Waals surface area contributed by atoms with Gasteiger partial charge in [-0.2, -0.15) is 0 Å². The Balaban J connectivity index is 2.28. The Morgan fingerprint density at radius 1 is 0.889 bits per heavy atom. The van der Waals surface area contributed by atoms with Crippen LogP contribution in [0, 0.1) is 6.42 Å². The van der Waals surface area contributed by atoms with Gasteiger partial charge in [-0.3, -0.25) is 0 Å². The lowest BCUT2D eigenvalue weighted by atomic mass is 10.2. The number of rotatable bonds is 0. The molecule has 1 radical (unpaired) electrons. The second-order valence-corrected chi connectivity index (χ2v) is 2.30. The molecule has 0 unspecified atom stereocenters. The lowest BCUT2D eigenvalue weighted by molar-refractivity contribution is 0.844. The molecule has 0 aromatic heterocycles. The van der Waals surface area contributed by atoms with Crippen LogP contribution < -0.4 is 0 Å². The summed E-state index contributed by atoms with van der Waals surface area (Å²) in [4.78, 5) is 0. The topological polar surface area (TPSA) is 0 Å². The third-order valence-corrected chi connectivity index (χ3v) is 1.45. The molecule has 0 heteroatoms. The molecule has 0 atom stereocenters. The van der Waals surface area contributed by atoms with E-state index in [1.807, 2.05) is 0 Å². The first kappa shape index (κ1) is 6.60. The first-order valence-electron chi connectivity index (χ1n) is 3.63. The van der Waals surface area contributed by atoms with Gasteiger partial charge in [0.05, 0.1) is 0 Å². The minimum atomic E-state index is 1.11. The van der Waals surface area contributed by atoms with E-state index >= 15 is 0 Å². The summed E-state index contributed by atoms with van der Waals surface area (Å²) in [5.74, 6) is 0. The Labute approximate surface area is 57.3 Å². The van der Waals surface area contributed by atoms with Crippen LogP contribution in [-0.2, 0) is 0 Å². The van der Waals surface area contributed by atoms with Crippen LogP contribution >= 0.6 is 0 Å². The molecule has 0 N–H and O–H groups in total. The zero-order chi connectivity index (χ0) is 6.36. The Kier molecular flexibility index (Phi) is 3.20.